The van der Waals surface area contributed by atoms with E-state index >= 15 is 0 Å². The Kier molecular flexibility index (Phi) is 6.18. The van der Waals surface area contributed by atoms with Crippen molar-refractivity contribution in [1.82, 2.24) is 14.8 Å². The molecule has 1 saturated heterocycles. The molecule has 0 N–H and O–H groups in total. The first-order valence-electron chi connectivity index (χ1n) is 10.5. The van der Waals surface area contributed by atoms with Crippen LogP contribution >= 0.6 is 11.3 Å². The zero-order valence-corrected chi connectivity index (χ0v) is 18.8. The molecular weight excluding hydrogens is 406 g/mol. The van der Waals surface area contributed by atoms with Crippen LogP contribution in [0.2, 0.25) is 0 Å². The minimum atomic E-state index is -0.585. The number of likely N-dealkylation sites (tertiary alicyclic amines) is 1. The summed E-state index contributed by atoms with van der Waals surface area (Å²) in [7, 11) is 3.59. The van der Waals surface area contributed by atoms with E-state index in [0.717, 1.165) is 11.1 Å². The highest BCUT2D eigenvalue weighted by atomic mass is 32.1. The molecule has 3 heterocycles. The van der Waals surface area contributed by atoms with Gasteiger partial charge in [0.2, 0.25) is 11.8 Å². The van der Waals surface area contributed by atoms with Crippen molar-refractivity contribution in [3.8, 4) is 10.4 Å². The second-order valence-corrected chi connectivity index (χ2v) is 9.38. The highest BCUT2D eigenvalue weighted by Gasteiger charge is 2.46. The second-order valence-electron chi connectivity index (χ2n) is 8.43. The summed E-state index contributed by atoms with van der Waals surface area (Å²) in [5.74, 6) is 0.140. The fourth-order valence-corrected chi connectivity index (χ4v) is 5.10. The van der Waals surface area contributed by atoms with E-state index in [2.05, 4.69) is 40.7 Å². The third kappa shape index (κ3) is 4.69. The number of aromatic nitrogens is 1. The first-order valence-corrected chi connectivity index (χ1v) is 11.4. The Morgan fingerprint density at radius 2 is 1.90 bits per heavy atom. The Balaban J connectivity index is 1.51. The Hall–Kier alpha value is -2.99. The molecule has 2 amide bonds. The largest absolute Gasteiger partial charge is 0.348 e. The van der Waals surface area contributed by atoms with Crippen molar-refractivity contribution >= 4 is 23.2 Å². The third-order valence-corrected chi connectivity index (χ3v) is 6.87. The summed E-state index contributed by atoms with van der Waals surface area (Å²) in [4.78, 5) is 35.0. The van der Waals surface area contributed by atoms with Gasteiger partial charge in [-0.3, -0.25) is 14.6 Å². The number of carbonyl (C=O) groups is 2. The van der Waals surface area contributed by atoms with Crippen LogP contribution in [-0.2, 0) is 22.4 Å². The number of amides is 2. The summed E-state index contributed by atoms with van der Waals surface area (Å²) in [6.45, 7) is 1.06. The molecule has 2 aromatic heterocycles. The minimum Gasteiger partial charge on any atom is -0.348 e. The molecule has 0 spiro atoms. The molecule has 1 fully saturated rings. The highest BCUT2D eigenvalue weighted by Crippen LogP contribution is 2.37. The molecule has 5 nitrogen and oxygen atoms in total. The number of thiophene rings is 1. The summed E-state index contributed by atoms with van der Waals surface area (Å²) in [6.07, 6.45) is 5.05. The van der Waals surface area contributed by atoms with Gasteiger partial charge in [-0.05, 0) is 47.0 Å². The Labute approximate surface area is 187 Å². The number of benzene rings is 1. The zero-order valence-electron chi connectivity index (χ0n) is 18.0. The first kappa shape index (κ1) is 21.2. The fraction of sp³-hybridized carbons (Fsp3) is 0.320. The zero-order chi connectivity index (χ0) is 21.8. The fourth-order valence-electron chi connectivity index (χ4n) is 4.36. The number of hydrogen-bond donors (Lipinski definition) is 0. The van der Waals surface area contributed by atoms with E-state index < -0.39 is 5.41 Å². The van der Waals surface area contributed by atoms with Crippen LogP contribution in [0.15, 0.2) is 66.3 Å². The second kappa shape index (κ2) is 9.02. The van der Waals surface area contributed by atoms with Gasteiger partial charge in [0.15, 0.2) is 0 Å². The lowest BCUT2D eigenvalue weighted by molar-refractivity contribution is -0.139. The quantitative estimate of drug-likeness (QED) is 0.592. The molecule has 1 aliphatic rings. The summed E-state index contributed by atoms with van der Waals surface area (Å²) in [5, 5.41) is 2.07. The van der Waals surface area contributed by atoms with Crippen LogP contribution in [-0.4, -0.2) is 53.8 Å². The van der Waals surface area contributed by atoms with Gasteiger partial charge in [-0.1, -0.05) is 36.4 Å². The van der Waals surface area contributed by atoms with E-state index in [1.807, 2.05) is 23.1 Å². The molecule has 3 aromatic rings. The molecule has 0 bridgehead atoms. The molecular formula is C25H27N3O2S. The smallest absolute Gasteiger partial charge is 0.230 e. The molecule has 0 unspecified atom stereocenters. The van der Waals surface area contributed by atoms with Gasteiger partial charge in [-0.2, -0.15) is 0 Å². The number of nitrogens with zero attached hydrogens (tertiary/aromatic N) is 3. The normalized spacial score (nSPS) is 18.2. The predicted molar refractivity (Wildman–Crippen MR) is 124 cm³/mol. The Morgan fingerprint density at radius 1 is 1.10 bits per heavy atom. The molecule has 31 heavy (non-hydrogen) atoms. The van der Waals surface area contributed by atoms with Crippen molar-refractivity contribution in [3.63, 3.8) is 0 Å². The van der Waals surface area contributed by atoms with Crippen LogP contribution in [0.4, 0.5) is 0 Å². The molecule has 0 saturated carbocycles. The topological polar surface area (TPSA) is 53.5 Å². The molecule has 0 radical (unpaired) electrons. The van der Waals surface area contributed by atoms with Gasteiger partial charge in [-0.15, -0.1) is 11.3 Å². The molecule has 1 aliphatic heterocycles. The van der Waals surface area contributed by atoms with Gasteiger partial charge in [0, 0.05) is 44.5 Å². The van der Waals surface area contributed by atoms with Gasteiger partial charge in [-0.25, -0.2) is 0 Å². The predicted octanol–water partition coefficient (Wildman–Crippen LogP) is 3.90. The average Bonchev–Trinajstić information content (AvgIpc) is 3.46. The summed E-state index contributed by atoms with van der Waals surface area (Å²) >= 11 is 1.72. The number of hydrogen-bond acceptors (Lipinski definition) is 4. The Morgan fingerprint density at radius 3 is 2.55 bits per heavy atom. The summed E-state index contributed by atoms with van der Waals surface area (Å²) in [5.41, 5.74) is 2.62. The van der Waals surface area contributed by atoms with Crippen LogP contribution in [0.1, 0.15) is 17.5 Å². The van der Waals surface area contributed by atoms with E-state index in [0.29, 0.717) is 32.4 Å². The standard InChI is InChI=1S/C25H27N3O2S/c1-27(2)24(30)25(16-19-7-9-21(10-8-19)22-6-4-14-31-22)11-13-28(18-25)23(29)15-20-5-3-12-26-17-20/h3-10,12,14,17H,11,13,15-16,18H2,1-2H3/t25-/m0/s1. The molecule has 6 heteroatoms. The maximum absolute atomic E-state index is 13.2. The van der Waals surface area contributed by atoms with Crippen molar-refractivity contribution in [3.05, 3.63) is 77.4 Å². The first-order chi connectivity index (χ1) is 15.0. The Bertz CT molecular complexity index is 1030. The summed E-state index contributed by atoms with van der Waals surface area (Å²) < 4.78 is 0. The van der Waals surface area contributed by atoms with Gasteiger partial charge < -0.3 is 9.80 Å². The van der Waals surface area contributed by atoms with Gasteiger partial charge in [0.25, 0.3) is 0 Å². The van der Waals surface area contributed by atoms with Gasteiger partial charge in [0.1, 0.15) is 0 Å². The monoisotopic (exact) mass is 433 g/mol. The summed E-state index contributed by atoms with van der Waals surface area (Å²) in [6, 6.07) is 16.4. The van der Waals surface area contributed by atoms with Crippen LogP contribution in [0.25, 0.3) is 10.4 Å². The van der Waals surface area contributed by atoms with E-state index in [1.165, 1.54) is 10.4 Å². The van der Waals surface area contributed by atoms with Crippen molar-refractivity contribution in [2.24, 2.45) is 5.41 Å². The van der Waals surface area contributed by atoms with Gasteiger partial charge >= 0.3 is 0 Å². The van der Waals surface area contributed by atoms with Crippen molar-refractivity contribution in [2.45, 2.75) is 19.3 Å². The highest BCUT2D eigenvalue weighted by molar-refractivity contribution is 7.13. The minimum absolute atomic E-state index is 0.0504. The van der Waals surface area contributed by atoms with E-state index in [1.54, 1.807) is 42.7 Å². The van der Waals surface area contributed by atoms with Crippen LogP contribution in [0.5, 0.6) is 0 Å². The maximum atomic E-state index is 13.2. The van der Waals surface area contributed by atoms with E-state index in [-0.39, 0.29) is 11.8 Å². The average molecular weight is 434 g/mol. The lowest BCUT2D eigenvalue weighted by Gasteiger charge is -2.31. The maximum Gasteiger partial charge on any atom is 0.230 e. The number of pyridine rings is 1. The lowest BCUT2D eigenvalue weighted by Crippen LogP contribution is -2.44. The molecule has 160 valence electrons. The SMILES string of the molecule is CN(C)C(=O)[C@]1(Cc2ccc(-c3cccs3)cc2)CCN(C(=O)Cc2cccnc2)C1. The van der Waals surface area contributed by atoms with Crippen molar-refractivity contribution < 1.29 is 9.59 Å². The van der Waals surface area contributed by atoms with Crippen LogP contribution in [0, 0.1) is 5.41 Å². The number of carbonyl (C=O) groups excluding carboxylic acids is 2. The van der Waals surface area contributed by atoms with E-state index in [9.17, 15) is 9.59 Å². The van der Waals surface area contributed by atoms with Crippen molar-refractivity contribution in [1.29, 1.82) is 0 Å². The van der Waals surface area contributed by atoms with Crippen molar-refractivity contribution in [2.75, 3.05) is 27.2 Å². The van der Waals surface area contributed by atoms with Crippen LogP contribution in [0.3, 0.4) is 0 Å². The van der Waals surface area contributed by atoms with E-state index in [4.69, 9.17) is 0 Å². The lowest BCUT2D eigenvalue weighted by atomic mass is 9.79. The van der Waals surface area contributed by atoms with Gasteiger partial charge in [0.05, 0.1) is 11.8 Å². The number of rotatable bonds is 6. The molecule has 1 aromatic carbocycles. The molecule has 4 rings (SSSR count). The van der Waals surface area contributed by atoms with Crippen LogP contribution < -0.4 is 0 Å². The molecule has 0 aliphatic carbocycles. The molecule has 1 atom stereocenters. The third-order valence-electron chi connectivity index (χ3n) is 5.95.